The first-order chi connectivity index (χ1) is 9.10. The minimum absolute atomic E-state index is 0.0544. The number of ether oxygens (including phenoxy) is 1. The van der Waals surface area contributed by atoms with Crippen LogP contribution in [0, 0.1) is 0 Å². The minimum Gasteiger partial charge on any atom is -0.461 e. The lowest BCUT2D eigenvalue weighted by Crippen LogP contribution is -2.38. The molecule has 0 spiro atoms. The van der Waals surface area contributed by atoms with Crippen LogP contribution in [-0.2, 0) is 0 Å². The smallest absolute Gasteiger partial charge is 0.323 e. The molecule has 1 aliphatic rings. The number of rotatable bonds is 6. The molecule has 2 rings (SSSR count). The zero-order valence-corrected chi connectivity index (χ0v) is 12.2. The van der Waals surface area contributed by atoms with E-state index in [4.69, 9.17) is 4.74 Å². The van der Waals surface area contributed by atoms with Crippen LogP contribution < -0.4 is 15.0 Å². The summed E-state index contributed by atoms with van der Waals surface area (Å²) in [6.45, 7) is 6.72. The molecule has 1 aliphatic carbocycles. The van der Waals surface area contributed by atoms with Crippen molar-refractivity contribution in [2.75, 3.05) is 23.8 Å². The van der Waals surface area contributed by atoms with E-state index in [1.807, 2.05) is 27.8 Å². The second-order valence-corrected chi connectivity index (χ2v) is 5.13. The van der Waals surface area contributed by atoms with Crippen molar-refractivity contribution in [3.63, 3.8) is 0 Å². The maximum Gasteiger partial charge on any atom is 0.323 e. The summed E-state index contributed by atoms with van der Waals surface area (Å²) in [5.74, 6) is 1.26. The van der Waals surface area contributed by atoms with Crippen LogP contribution in [0.4, 0.5) is 11.9 Å². The average Bonchev–Trinajstić information content (AvgIpc) is 2.25. The summed E-state index contributed by atoms with van der Waals surface area (Å²) >= 11 is 0. The predicted octanol–water partition coefficient (Wildman–Crippen LogP) is 2.08. The van der Waals surface area contributed by atoms with Crippen molar-refractivity contribution in [3.8, 4) is 6.01 Å². The molecular formula is C13H23N5O. The van der Waals surface area contributed by atoms with E-state index in [-0.39, 0.29) is 6.10 Å². The highest BCUT2D eigenvalue weighted by molar-refractivity contribution is 5.39. The van der Waals surface area contributed by atoms with Crippen LogP contribution in [0.2, 0.25) is 0 Å². The van der Waals surface area contributed by atoms with Crippen molar-refractivity contribution in [1.29, 1.82) is 0 Å². The summed E-state index contributed by atoms with van der Waals surface area (Å²) < 4.78 is 5.59. The third-order valence-corrected chi connectivity index (χ3v) is 3.22. The van der Waals surface area contributed by atoms with Gasteiger partial charge >= 0.3 is 6.01 Å². The Labute approximate surface area is 114 Å². The highest BCUT2D eigenvalue weighted by Gasteiger charge is 2.25. The van der Waals surface area contributed by atoms with Crippen LogP contribution in [0.15, 0.2) is 0 Å². The molecule has 0 unspecified atom stereocenters. The van der Waals surface area contributed by atoms with Gasteiger partial charge in [0.05, 0.1) is 6.10 Å². The fourth-order valence-electron chi connectivity index (χ4n) is 1.94. The van der Waals surface area contributed by atoms with Gasteiger partial charge in [-0.3, -0.25) is 0 Å². The van der Waals surface area contributed by atoms with Gasteiger partial charge in [-0.05, 0) is 40.0 Å². The van der Waals surface area contributed by atoms with E-state index in [2.05, 4.69) is 25.2 Å². The number of hydrogen-bond acceptors (Lipinski definition) is 6. The van der Waals surface area contributed by atoms with E-state index in [1.54, 1.807) is 0 Å². The van der Waals surface area contributed by atoms with E-state index in [1.165, 1.54) is 19.3 Å². The Balaban J connectivity index is 2.21. The zero-order chi connectivity index (χ0) is 13.8. The molecule has 6 heteroatoms. The van der Waals surface area contributed by atoms with Gasteiger partial charge in [0.1, 0.15) is 0 Å². The summed E-state index contributed by atoms with van der Waals surface area (Å²) in [7, 11) is 2.04. The number of aromatic nitrogens is 3. The van der Waals surface area contributed by atoms with Crippen LogP contribution in [0.3, 0.4) is 0 Å². The normalized spacial score (nSPS) is 15.2. The van der Waals surface area contributed by atoms with Gasteiger partial charge in [-0.2, -0.15) is 15.0 Å². The van der Waals surface area contributed by atoms with Crippen molar-refractivity contribution in [2.24, 2.45) is 0 Å². The number of hydrogen-bond donors (Lipinski definition) is 1. The molecule has 6 nitrogen and oxygen atoms in total. The molecule has 1 fully saturated rings. The maximum atomic E-state index is 5.59. The van der Waals surface area contributed by atoms with Crippen LogP contribution in [-0.4, -0.2) is 40.7 Å². The molecule has 1 saturated carbocycles. The second kappa shape index (κ2) is 6.04. The van der Waals surface area contributed by atoms with Crippen molar-refractivity contribution in [2.45, 2.75) is 52.2 Å². The van der Waals surface area contributed by atoms with Crippen LogP contribution >= 0.6 is 0 Å². The molecule has 0 bridgehead atoms. The lowest BCUT2D eigenvalue weighted by molar-refractivity contribution is 0.221. The van der Waals surface area contributed by atoms with Gasteiger partial charge in [0.25, 0.3) is 0 Å². The minimum atomic E-state index is 0.0544. The van der Waals surface area contributed by atoms with Gasteiger partial charge in [0, 0.05) is 19.6 Å². The quantitative estimate of drug-likeness (QED) is 0.849. The molecule has 1 heterocycles. The largest absolute Gasteiger partial charge is 0.461 e. The summed E-state index contributed by atoms with van der Waals surface area (Å²) in [6, 6.07) is 0.936. The topological polar surface area (TPSA) is 63.2 Å². The Kier molecular flexibility index (Phi) is 4.39. The van der Waals surface area contributed by atoms with E-state index in [0.717, 1.165) is 6.54 Å². The molecule has 106 valence electrons. The van der Waals surface area contributed by atoms with E-state index < -0.39 is 0 Å². The summed E-state index contributed by atoms with van der Waals surface area (Å²) in [5, 5.41) is 3.12. The molecule has 0 atom stereocenters. The Bertz CT molecular complexity index is 419. The van der Waals surface area contributed by atoms with Crippen LogP contribution in [0.25, 0.3) is 0 Å². The first-order valence-electron chi connectivity index (χ1n) is 6.99. The number of anilines is 2. The summed E-state index contributed by atoms with van der Waals surface area (Å²) in [6.07, 6.45) is 3.76. The van der Waals surface area contributed by atoms with E-state index in [9.17, 15) is 0 Å². The number of nitrogens with zero attached hydrogens (tertiary/aromatic N) is 4. The molecule has 1 N–H and O–H groups in total. The first kappa shape index (κ1) is 13.8. The summed E-state index contributed by atoms with van der Waals surface area (Å²) in [5.41, 5.74) is 0. The molecule has 1 aromatic rings. The molecule has 1 aromatic heterocycles. The van der Waals surface area contributed by atoms with E-state index in [0.29, 0.717) is 23.9 Å². The molecule has 0 aliphatic heterocycles. The Morgan fingerprint density at radius 2 is 2.05 bits per heavy atom. The predicted molar refractivity (Wildman–Crippen MR) is 75.8 cm³/mol. The average molecular weight is 265 g/mol. The first-order valence-corrected chi connectivity index (χ1v) is 6.99. The Hall–Kier alpha value is -1.59. The van der Waals surface area contributed by atoms with Gasteiger partial charge in [-0.1, -0.05) is 0 Å². The summed E-state index contributed by atoms with van der Waals surface area (Å²) in [4.78, 5) is 15.2. The molecule has 0 saturated heterocycles. The molecule has 0 radical (unpaired) electrons. The third kappa shape index (κ3) is 3.45. The maximum absolute atomic E-state index is 5.59. The zero-order valence-electron chi connectivity index (χ0n) is 12.2. The van der Waals surface area contributed by atoms with Gasteiger partial charge in [-0.25, -0.2) is 0 Å². The highest BCUT2D eigenvalue weighted by Crippen LogP contribution is 2.27. The number of nitrogens with one attached hydrogen (secondary N) is 1. The third-order valence-electron chi connectivity index (χ3n) is 3.22. The lowest BCUT2D eigenvalue weighted by Gasteiger charge is -2.34. The van der Waals surface area contributed by atoms with Crippen molar-refractivity contribution in [3.05, 3.63) is 0 Å². The van der Waals surface area contributed by atoms with Crippen LogP contribution in [0.1, 0.15) is 40.0 Å². The Morgan fingerprint density at radius 1 is 1.32 bits per heavy atom. The fourth-order valence-corrected chi connectivity index (χ4v) is 1.94. The van der Waals surface area contributed by atoms with Crippen molar-refractivity contribution < 1.29 is 4.74 Å². The monoisotopic (exact) mass is 265 g/mol. The molecule has 0 aromatic carbocycles. The van der Waals surface area contributed by atoms with Gasteiger partial charge < -0.3 is 15.0 Å². The fraction of sp³-hybridized carbons (Fsp3) is 0.769. The standard InChI is InChI=1S/C13H23N5O/c1-5-14-11-15-12(18(4)10-7-6-8-10)17-13(16-11)19-9(2)3/h9-10H,5-8H2,1-4H3,(H,14,15,16,17). The highest BCUT2D eigenvalue weighted by atomic mass is 16.5. The molecular weight excluding hydrogens is 242 g/mol. The molecule has 19 heavy (non-hydrogen) atoms. The molecule has 0 amide bonds. The van der Waals surface area contributed by atoms with Crippen molar-refractivity contribution in [1.82, 2.24) is 15.0 Å². The second-order valence-electron chi connectivity index (χ2n) is 5.13. The van der Waals surface area contributed by atoms with E-state index >= 15 is 0 Å². The van der Waals surface area contributed by atoms with Gasteiger partial charge in [-0.15, -0.1) is 0 Å². The van der Waals surface area contributed by atoms with Crippen LogP contribution in [0.5, 0.6) is 6.01 Å². The van der Waals surface area contributed by atoms with Gasteiger partial charge in [0.2, 0.25) is 11.9 Å². The Morgan fingerprint density at radius 3 is 2.58 bits per heavy atom. The SMILES string of the molecule is CCNc1nc(OC(C)C)nc(N(C)C2CCC2)n1. The van der Waals surface area contributed by atoms with Crippen molar-refractivity contribution >= 4 is 11.9 Å². The lowest BCUT2D eigenvalue weighted by atomic mass is 9.92. The van der Waals surface area contributed by atoms with Gasteiger partial charge in [0.15, 0.2) is 0 Å².